The van der Waals surface area contributed by atoms with Crippen LogP contribution in [0.5, 0.6) is 0 Å². The van der Waals surface area contributed by atoms with Crippen LogP contribution in [0.3, 0.4) is 0 Å². The molecule has 2 aromatic rings. The van der Waals surface area contributed by atoms with Gasteiger partial charge in [0.2, 0.25) is 5.91 Å². The maximum absolute atomic E-state index is 12.5. The molecule has 6 heteroatoms. The number of hydrogen-bond acceptors (Lipinski definition) is 4. The molecule has 0 radical (unpaired) electrons. The van der Waals surface area contributed by atoms with E-state index in [0.717, 1.165) is 55.5 Å². The third kappa shape index (κ3) is 3.77. The van der Waals surface area contributed by atoms with Crippen LogP contribution in [0.15, 0.2) is 35.1 Å². The van der Waals surface area contributed by atoms with Crippen molar-refractivity contribution in [1.29, 1.82) is 0 Å². The fourth-order valence-corrected chi connectivity index (χ4v) is 4.30. The molecule has 2 saturated heterocycles. The minimum Gasteiger partial charge on any atom is -0.372 e. The van der Waals surface area contributed by atoms with Crippen molar-refractivity contribution in [3.8, 4) is 0 Å². The molecule has 144 valence electrons. The highest BCUT2D eigenvalue weighted by Gasteiger charge is 2.40. The van der Waals surface area contributed by atoms with E-state index in [1.165, 1.54) is 0 Å². The normalized spacial score (nSPS) is 20.3. The summed E-state index contributed by atoms with van der Waals surface area (Å²) in [5.74, 6) is 0.222. The third-order valence-electron chi connectivity index (χ3n) is 5.88. The number of benzene rings is 1. The number of carbonyl (C=O) groups is 1. The van der Waals surface area contributed by atoms with Crippen molar-refractivity contribution in [3.63, 3.8) is 0 Å². The van der Waals surface area contributed by atoms with Crippen LogP contribution in [0.1, 0.15) is 31.7 Å². The number of fused-ring (bicyclic) bond motifs is 1. The average Bonchev–Trinajstić information content (AvgIpc) is 2.69. The van der Waals surface area contributed by atoms with Gasteiger partial charge in [-0.25, -0.2) is 0 Å². The van der Waals surface area contributed by atoms with Crippen molar-refractivity contribution in [2.24, 2.45) is 0 Å². The van der Waals surface area contributed by atoms with Gasteiger partial charge >= 0.3 is 0 Å². The van der Waals surface area contributed by atoms with Gasteiger partial charge in [0.05, 0.1) is 12.2 Å². The molecule has 1 N–H and O–H groups in total. The highest BCUT2D eigenvalue weighted by molar-refractivity contribution is 5.78. The van der Waals surface area contributed by atoms with Gasteiger partial charge in [-0.3, -0.25) is 14.5 Å². The van der Waals surface area contributed by atoms with Gasteiger partial charge in [-0.05, 0) is 30.4 Å². The van der Waals surface area contributed by atoms with Crippen LogP contribution in [-0.4, -0.2) is 59.1 Å². The van der Waals surface area contributed by atoms with E-state index in [-0.39, 0.29) is 17.1 Å². The molecule has 1 spiro atoms. The number of aromatic nitrogens is 1. The lowest BCUT2D eigenvalue weighted by Crippen LogP contribution is -2.57. The predicted octanol–water partition coefficient (Wildman–Crippen LogP) is 2.13. The Kier molecular flexibility index (Phi) is 5.02. The van der Waals surface area contributed by atoms with Gasteiger partial charge in [0.15, 0.2) is 0 Å². The van der Waals surface area contributed by atoms with Gasteiger partial charge < -0.3 is 14.6 Å². The number of piperidine rings is 1. The molecule has 0 atom stereocenters. The Bertz CT molecular complexity index is 884. The second kappa shape index (κ2) is 7.44. The highest BCUT2D eigenvalue weighted by Crippen LogP contribution is 2.31. The molecule has 6 nitrogen and oxygen atoms in total. The molecule has 1 aromatic heterocycles. The van der Waals surface area contributed by atoms with E-state index in [9.17, 15) is 9.59 Å². The first-order valence-corrected chi connectivity index (χ1v) is 9.84. The average molecular weight is 369 g/mol. The number of aromatic amines is 1. The van der Waals surface area contributed by atoms with Gasteiger partial charge in [0, 0.05) is 50.2 Å². The zero-order valence-electron chi connectivity index (χ0n) is 15.9. The molecule has 2 aliphatic rings. The number of amides is 1. The summed E-state index contributed by atoms with van der Waals surface area (Å²) in [4.78, 5) is 31.6. The van der Waals surface area contributed by atoms with Gasteiger partial charge in [-0.1, -0.05) is 25.1 Å². The number of para-hydroxylation sites is 1. The molecule has 0 bridgehead atoms. The molecular formula is C21H27N3O3. The number of nitrogens with one attached hydrogen (secondary N) is 1. The van der Waals surface area contributed by atoms with Gasteiger partial charge in [-0.15, -0.1) is 0 Å². The SMILES string of the molecule is CCC(=O)N1CCC2(CC1)CN(Cc1cc3ccccc3[nH]c1=O)CCO2. The second-order valence-corrected chi connectivity index (χ2v) is 7.69. The maximum Gasteiger partial charge on any atom is 0.252 e. The van der Waals surface area contributed by atoms with Crippen molar-refractivity contribution in [1.82, 2.24) is 14.8 Å². The Morgan fingerprint density at radius 2 is 2.00 bits per heavy atom. The number of ether oxygens (including phenoxy) is 1. The molecule has 1 amide bonds. The Labute approximate surface area is 159 Å². The molecule has 27 heavy (non-hydrogen) atoms. The van der Waals surface area contributed by atoms with E-state index < -0.39 is 0 Å². The first-order valence-electron chi connectivity index (χ1n) is 9.84. The molecular weight excluding hydrogens is 342 g/mol. The minimum atomic E-state index is -0.188. The second-order valence-electron chi connectivity index (χ2n) is 7.69. The summed E-state index contributed by atoms with van der Waals surface area (Å²) in [6.07, 6.45) is 2.29. The summed E-state index contributed by atoms with van der Waals surface area (Å²) in [7, 11) is 0. The smallest absolute Gasteiger partial charge is 0.252 e. The van der Waals surface area contributed by atoms with Crippen LogP contribution in [-0.2, 0) is 16.1 Å². The molecule has 2 fully saturated rings. The first-order chi connectivity index (χ1) is 13.1. The molecule has 1 aromatic carbocycles. The molecule has 0 aliphatic carbocycles. The summed E-state index contributed by atoms with van der Waals surface area (Å²) < 4.78 is 6.17. The minimum absolute atomic E-state index is 0.0161. The van der Waals surface area contributed by atoms with Crippen LogP contribution >= 0.6 is 0 Å². The van der Waals surface area contributed by atoms with Crippen molar-refractivity contribution >= 4 is 16.8 Å². The molecule has 0 saturated carbocycles. The monoisotopic (exact) mass is 369 g/mol. The van der Waals surface area contributed by atoms with E-state index >= 15 is 0 Å². The van der Waals surface area contributed by atoms with E-state index in [1.807, 2.05) is 42.2 Å². The Morgan fingerprint density at radius 1 is 1.22 bits per heavy atom. The summed E-state index contributed by atoms with van der Waals surface area (Å²) in [5, 5.41) is 1.06. The lowest BCUT2D eigenvalue weighted by atomic mass is 9.89. The zero-order chi connectivity index (χ0) is 18.9. The summed E-state index contributed by atoms with van der Waals surface area (Å²) in [6, 6.07) is 9.86. The lowest BCUT2D eigenvalue weighted by molar-refractivity contribution is -0.151. The quantitative estimate of drug-likeness (QED) is 0.900. The zero-order valence-corrected chi connectivity index (χ0v) is 15.9. The highest BCUT2D eigenvalue weighted by atomic mass is 16.5. The number of pyridine rings is 1. The van der Waals surface area contributed by atoms with Crippen molar-refractivity contribution < 1.29 is 9.53 Å². The largest absolute Gasteiger partial charge is 0.372 e. The number of hydrogen-bond donors (Lipinski definition) is 1. The van der Waals surface area contributed by atoms with Crippen LogP contribution in [0.4, 0.5) is 0 Å². The Balaban J connectivity index is 1.46. The molecule has 3 heterocycles. The van der Waals surface area contributed by atoms with Crippen LogP contribution in [0, 0.1) is 0 Å². The standard InChI is InChI=1S/C21H27N3O3/c1-2-19(25)24-9-7-21(8-10-24)15-23(11-12-27-21)14-17-13-16-5-3-4-6-18(16)22-20(17)26/h3-6,13H,2,7-12,14-15H2,1H3,(H,22,26). The van der Waals surface area contributed by atoms with Crippen molar-refractivity contribution in [2.45, 2.75) is 38.3 Å². The van der Waals surface area contributed by atoms with Crippen LogP contribution in [0.25, 0.3) is 10.9 Å². The van der Waals surface area contributed by atoms with Crippen LogP contribution in [0.2, 0.25) is 0 Å². The van der Waals surface area contributed by atoms with E-state index in [4.69, 9.17) is 4.74 Å². The molecule has 4 rings (SSSR count). The predicted molar refractivity (Wildman–Crippen MR) is 105 cm³/mol. The van der Waals surface area contributed by atoms with Gasteiger partial charge in [-0.2, -0.15) is 0 Å². The number of morpholine rings is 1. The topological polar surface area (TPSA) is 65.6 Å². The van der Waals surface area contributed by atoms with E-state index in [2.05, 4.69) is 9.88 Å². The van der Waals surface area contributed by atoms with Crippen LogP contribution < -0.4 is 5.56 Å². The first kappa shape index (κ1) is 18.2. The fraction of sp³-hybridized carbons (Fsp3) is 0.524. The summed E-state index contributed by atoms with van der Waals surface area (Å²) in [5.41, 5.74) is 1.46. The van der Waals surface area contributed by atoms with E-state index in [1.54, 1.807) is 0 Å². The number of H-pyrrole nitrogens is 1. The van der Waals surface area contributed by atoms with Gasteiger partial charge in [0.1, 0.15) is 0 Å². The molecule has 2 aliphatic heterocycles. The van der Waals surface area contributed by atoms with Crippen molar-refractivity contribution in [3.05, 3.63) is 46.2 Å². The fourth-order valence-electron chi connectivity index (χ4n) is 4.30. The number of nitrogens with zero attached hydrogens (tertiary/aromatic N) is 2. The van der Waals surface area contributed by atoms with Gasteiger partial charge in [0.25, 0.3) is 5.56 Å². The summed E-state index contributed by atoms with van der Waals surface area (Å²) >= 11 is 0. The Morgan fingerprint density at radius 3 is 2.78 bits per heavy atom. The third-order valence-corrected chi connectivity index (χ3v) is 5.88. The Hall–Kier alpha value is -2.18. The molecule has 0 unspecified atom stereocenters. The van der Waals surface area contributed by atoms with E-state index in [0.29, 0.717) is 19.6 Å². The van der Waals surface area contributed by atoms with Crippen molar-refractivity contribution in [2.75, 3.05) is 32.8 Å². The number of likely N-dealkylation sites (tertiary alicyclic amines) is 1. The maximum atomic E-state index is 12.5. The number of rotatable bonds is 3. The number of carbonyl (C=O) groups excluding carboxylic acids is 1. The summed E-state index contributed by atoms with van der Waals surface area (Å²) in [6.45, 7) is 6.37. The lowest BCUT2D eigenvalue weighted by Gasteiger charge is -2.47.